The van der Waals surface area contributed by atoms with Crippen molar-refractivity contribution in [3.8, 4) is 0 Å². The van der Waals surface area contributed by atoms with Crippen molar-refractivity contribution in [2.45, 2.75) is 70.8 Å². The van der Waals surface area contributed by atoms with E-state index in [1.165, 1.54) is 12.8 Å². The van der Waals surface area contributed by atoms with E-state index in [1.807, 2.05) is 4.90 Å². The van der Waals surface area contributed by atoms with Gasteiger partial charge in [-0.15, -0.1) is 0 Å². The van der Waals surface area contributed by atoms with E-state index >= 15 is 0 Å². The maximum atomic E-state index is 12.2. The van der Waals surface area contributed by atoms with Gasteiger partial charge in [-0.05, 0) is 44.4 Å². The SMILES string of the molecule is CC1CCC(N2CC(C(=O)NCCCCCC(=O)O)CC2=O)CC1. The largest absolute Gasteiger partial charge is 0.481 e. The van der Waals surface area contributed by atoms with Crippen LogP contribution in [-0.4, -0.2) is 46.9 Å². The van der Waals surface area contributed by atoms with Crippen LogP contribution in [0, 0.1) is 11.8 Å². The highest BCUT2D eigenvalue weighted by Crippen LogP contribution is 2.31. The number of unbranched alkanes of at least 4 members (excludes halogenated alkanes) is 2. The minimum Gasteiger partial charge on any atom is -0.481 e. The van der Waals surface area contributed by atoms with Crippen LogP contribution in [-0.2, 0) is 14.4 Å². The lowest BCUT2D eigenvalue weighted by Crippen LogP contribution is -2.40. The topological polar surface area (TPSA) is 86.7 Å². The molecule has 0 aromatic carbocycles. The number of nitrogens with one attached hydrogen (secondary N) is 1. The van der Waals surface area contributed by atoms with Crippen LogP contribution in [0.15, 0.2) is 0 Å². The van der Waals surface area contributed by atoms with Gasteiger partial charge in [0, 0.05) is 32.0 Å². The molecule has 6 nitrogen and oxygen atoms in total. The van der Waals surface area contributed by atoms with Crippen molar-refractivity contribution < 1.29 is 19.5 Å². The monoisotopic (exact) mass is 338 g/mol. The fraction of sp³-hybridized carbons (Fsp3) is 0.833. The number of rotatable bonds is 8. The highest BCUT2D eigenvalue weighted by Gasteiger charge is 2.38. The molecule has 2 fully saturated rings. The predicted molar refractivity (Wildman–Crippen MR) is 90.4 cm³/mol. The van der Waals surface area contributed by atoms with Crippen LogP contribution in [0.2, 0.25) is 0 Å². The van der Waals surface area contributed by atoms with E-state index in [4.69, 9.17) is 5.11 Å². The molecule has 1 unspecified atom stereocenters. The van der Waals surface area contributed by atoms with Gasteiger partial charge in [0.25, 0.3) is 0 Å². The molecule has 136 valence electrons. The lowest BCUT2D eigenvalue weighted by Gasteiger charge is -2.33. The summed E-state index contributed by atoms with van der Waals surface area (Å²) in [5, 5.41) is 11.5. The molecule has 0 radical (unpaired) electrons. The molecule has 1 atom stereocenters. The molecule has 0 aromatic heterocycles. The molecule has 1 saturated heterocycles. The normalized spacial score (nSPS) is 27.3. The van der Waals surface area contributed by atoms with Crippen LogP contribution in [0.4, 0.5) is 0 Å². The van der Waals surface area contributed by atoms with E-state index in [0.29, 0.717) is 32.0 Å². The Bertz CT molecular complexity index is 458. The summed E-state index contributed by atoms with van der Waals surface area (Å²) >= 11 is 0. The van der Waals surface area contributed by atoms with E-state index in [-0.39, 0.29) is 24.2 Å². The Morgan fingerprint density at radius 2 is 1.88 bits per heavy atom. The summed E-state index contributed by atoms with van der Waals surface area (Å²) in [5.74, 6) is -0.167. The maximum absolute atomic E-state index is 12.2. The van der Waals surface area contributed by atoms with Crippen molar-refractivity contribution >= 4 is 17.8 Å². The van der Waals surface area contributed by atoms with Gasteiger partial charge in [-0.1, -0.05) is 13.3 Å². The van der Waals surface area contributed by atoms with E-state index in [1.54, 1.807) is 0 Å². The van der Waals surface area contributed by atoms with Crippen molar-refractivity contribution in [3.05, 3.63) is 0 Å². The van der Waals surface area contributed by atoms with Gasteiger partial charge in [-0.3, -0.25) is 14.4 Å². The van der Waals surface area contributed by atoms with Gasteiger partial charge >= 0.3 is 5.97 Å². The second-order valence-corrected chi connectivity index (χ2v) is 7.36. The first-order valence-electron chi connectivity index (χ1n) is 9.26. The molecular weight excluding hydrogens is 308 g/mol. The number of hydrogen-bond acceptors (Lipinski definition) is 3. The van der Waals surface area contributed by atoms with E-state index in [2.05, 4.69) is 12.2 Å². The Hall–Kier alpha value is -1.59. The summed E-state index contributed by atoms with van der Waals surface area (Å²) in [7, 11) is 0. The Labute approximate surface area is 144 Å². The molecule has 1 aliphatic heterocycles. The standard InChI is InChI=1S/C18H30N2O4/c1-13-6-8-15(9-7-13)20-12-14(11-16(20)21)18(24)19-10-4-2-3-5-17(22)23/h13-15H,2-12H2,1H3,(H,19,24)(H,22,23). The molecule has 1 saturated carbocycles. The average Bonchev–Trinajstić information content (AvgIpc) is 2.93. The summed E-state index contributed by atoms with van der Waals surface area (Å²) in [4.78, 5) is 36.8. The third kappa shape index (κ3) is 5.49. The molecule has 2 amide bonds. The number of amides is 2. The Morgan fingerprint density at radius 3 is 2.54 bits per heavy atom. The fourth-order valence-corrected chi connectivity index (χ4v) is 3.75. The molecular formula is C18H30N2O4. The maximum Gasteiger partial charge on any atom is 0.303 e. The predicted octanol–water partition coefficient (Wildman–Crippen LogP) is 2.17. The summed E-state index contributed by atoms with van der Waals surface area (Å²) in [6.45, 7) is 3.38. The lowest BCUT2D eigenvalue weighted by atomic mass is 9.87. The van der Waals surface area contributed by atoms with Crippen LogP contribution in [0.1, 0.15) is 64.7 Å². The Morgan fingerprint density at radius 1 is 1.17 bits per heavy atom. The van der Waals surface area contributed by atoms with Crippen molar-refractivity contribution in [1.29, 1.82) is 0 Å². The number of nitrogens with zero attached hydrogens (tertiary/aromatic N) is 1. The minimum absolute atomic E-state index is 0.0340. The lowest BCUT2D eigenvalue weighted by molar-refractivity contribution is -0.137. The Balaban J connectivity index is 1.66. The quantitative estimate of drug-likeness (QED) is 0.664. The van der Waals surface area contributed by atoms with Crippen LogP contribution in [0.3, 0.4) is 0 Å². The van der Waals surface area contributed by atoms with Crippen LogP contribution >= 0.6 is 0 Å². The van der Waals surface area contributed by atoms with Crippen molar-refractivity contribution in [1.82, 2.24) is 10.2 Å². The Kier molecular flexibility index (Phi) is 7.06. The summed E-state index contributed by atoms with van der Waals surface area (Å²) in [6, 6.07) is 0.322. The highest BCUT2D eigenvalue weighted by atomic mass is 16.4. The van der Waals surface area contributed by atoms with Gasteiger partial charge in [0.1, 0.15) is 0 Å². The zero-order valence-electron chi connectivity index (χ0n) is 14.6. The zero-order chi connectivity index (χ0) is 17.5. The molecule has 0 spiro atoms. The van der Waals surface area contributed by atoms with Crippen molar-refractivity contribution in [2.24, 2.45) is 11.8 Å². The van der Waals surface area contributed by atoms with Gasteiger partial charge < -0.3 is 15.3 Å². The number of hydrogen-bond donors (Lipinski definition) is 2. The van der Waals surface area contributed by atoms with Gasteiger partial charge in [-0.2, -0.15) is 0 Å². The molecule has 2 aliphatic rings. The number of carbonyl (C=O) groups is 3. The minimum atomic E-state index is -0.777. The second kappa shape index (κ2) is 9.04. The molecule has 0 bridgehead atoms. The number of carboxylic acid groups (broad SMARTS) is 1. The van der Waals surface area contributed by atoms with Crippen LogP contribution < -0.4 is 5.32 Å². The van der Waals surface area contributed by atoms with E-state index in [0.717, 1.165) is 31.6 Å². The molecule has 1 aliphatic carbocycles. The smallest absolute Gasteiger partial charge is 0.303 e. The van der Waals surface area contributed by atoms with Crippen molar-refractivity contribution in [3.63, 3.8) is 0 Å². The summed E-state index contributed by atoms with van der Waals surface area (Å²) < 4.78 is 0. The third-order valence-electron chi connectivity index (χ3n) is 5.32. The van der Waals surface area contributed by atoms with Crippen molar-refractivity contribution in [2.75, 3.05) is 13.1 Å². The molecule has 6 heteroatoms. The van der Waals surface area contributed by atoms with Gasteiger partial charge in [0.2, 0.25) is 11.8 Å². The number of aliphatic carboxylic acids is 1. The van der Waals surface area contributed by atoms with Crippen LogP contribution in [0.25, 0.3) is 0 Å². The first-order valence-corrected chi connectivity index (χ1v) is 9.26. The molecule has 2 N–H and O–H groups in total. The van der Waals surface area contributed by atoms with Gasteiger partial charge in [-0.25, -0.2) is 0 Å². The fourth-order valence-electron chi connectivity index (χ4n) is 3.75. The number of carboxylic acids is 1. The van der Waals surface area contributed by atoms with Gasteiger partial charge in [0.05, 0.1) is 5.92 Å². The highest BCUT2D eigenvalue weighted by molar-refractivity contribution is 5.89. The molecule has 1 heterocycles. The van der Waals surface area contributed by atoms with E-state index < -0.39 is 5.97 Å². The zero-order valence-corrected chi connectivity index (χ0v) is 14.6. The molecule has 2 rings (SSSR count). The average molecular weight is 338 g/mol. The summed E-state index contributed by atoms with van der Waals surface area (Å²) in [5.41, 5.74) is 0. The molecule has 24 heavy (non-hydrogen) atoms. The molecule has 0 aromatic rings. The van der Waals surface area contributed by atoms with Crippen LogP contribution in [0.5, 0.6) is 0 Å². The number of carbonyl (C=O) groups excluding carboxylic acids is 2. The third-order valence-corrected chi connectivity index (χ3v) is 5.32. The second-order valence-electron chi connectivity index (χ2n) is 7.36. The first kappa shape index (κ1) is 18.7. The van der Waals surface area contributed by atoms with Gasteiger partial charge in [0.15, 0.2) is 0 Å². The number of likely N-dealkylation sites (tertiary alicyclic amines) is 1. The summed E-state index contributed by atoms with van der Waals surface area (Å²) in [6.07, 6.45) is 7.18. The first-order chi connectivity index (χ1) is 11.5. The van der Waals surface area contributed by atoms with E-state index in [9.17, 15) is 14.4 Å².